The van der Waals surface area contributed by atoms with E-state index in [2.05, 4.69) is 16.9 Å². The lowest BCUT2D eigenvalue weighted by molar-refractivity contribution is -0.140. The van der Waals surface area contributed by atoms with Crippen LogP contribution in [-0.4, -0.2) is 22.5 Å². The van der Waals surface area contributed by atoms with Gasteiger partial charge in [-0.05, 0) is 68.2 Å². The van der Waals surface area contributed by atoms with Crippen molar-refractivity contribution in [3.8, 4) is 22.9 Å². The van der Waals surface area contributed by atoms with E-state index in [0.717, 1.165) is 49.5 Å². The topological polar surface area (TPSA) is 61.3 Å². The Balaban J connectivity index is 1.13. The molecule has 38 heavy (non-hydrogen) atoms. The van der Waals surface area contributed by atoms with Gasteiger partial charge in [-0.15, -0.1) is 0 Å². The molecule has 208 valence electrons. The quantitative estimate of drug-likeness (QED) is 0.133. The van der Waals surface area contributed by atoms with E-state index in [0.29, 0.717) is 23.9 Å². The summed E-state index contributed by atoms with van der Waals surface area (Å²) in [7, 11) is 0. The van der Waals surface area contributed by atoms with Crippen molar-refractivity contribution in [1.29, 1.82) is 0 Å². The Bertz CT molecular complexity index is 930. The van der Waals surface area contributed by atoms with Gasteiger partial charge in [-0.25, -0.2) is 9.97 Å². The summed E-state index contributed by atoms with van der Waals surface area (Å²) in [4.78, 5) is 21.7. The molecule has 4 rings (SSSR count). The molecule has 5 nitrogen and oxygen atoms in total. The molecular weight excluding hydrogens is 472 g/mol. The highest BCUT2D eigenvalue weighted by Crippen LogP contribution is 2.33. The highest BCUT2D eigenvalue weighted by atomic mass is 16.5. The maximum atomic E-state index is 12.7. The zero-order chi connectivity index (χ0) is 26.4. The van der Waals surface area contributed by atoms with Crippen LogP contribution >= 0.6 is 0 Å². The van der Waals surface area contributed by atoms with Crippen molar-refractivity contribution < 1.29 is 14.3 Å². The summed E-state index contributed by atoms with van der Waals surface area (Å²) < 4.78 is 11.6. The smallest absolute Gasteiger partial charge is 0.314 e. The van der Waals surface area contributed by atoms with Crippen LogP contribution in [0.25, 0.3) is 11.4 Å². The van der Waals surface area contributed by atoms with Crippen LogP contribution in [-0.2, 0) is 4.79 Å². The van der Waals surface area contributed by atoms with Crippen LogP contribution < -0.4 is 9.47 Å². The van der Waals surface area contributed by atoms with E-state index in [-0.39, 0.29) is 11.9 Å². The summed E-state index contributed by atoms with van der Waals surface area (Å²) in [5.74, 6) is 3.66. The third kappa shape index (κ3) is 9.39. The number of aromatic nitrogens is 2. The first-order valence-electron chi connectivity index (χ1n) is 15.5. The number of ether oxygens (including phenoxy) is 2. The fraction of sp³-hybridized carbons (Fsp3) is 0.667. The fourth-order valence-corrected chi connectivity index (χ4v) is 6.16. The predicted molar refractivity (Wildman–Crippen MR) is 153 cm³/mol. The van der Waals surface area contributed by atoms with Crippen LogP contribution in [0.1, 0.15) is 116 Å². The Labute approximate surface area is 230 Å². The van der Waals surface area contributed by atoms with Gasteiger partial charge >= 0.3 is 5.97 Å². The zero-order valence-electron chi connectivity index (χ0n) is 23.5. The van der Waals surface area contributed by atoms with E-state index in [1.54, 1.807) is 12.4 Å². The number of carbonyl (C=O) groups excluding carboxylic acids is 1. The van der Waals surface area contributed by atoms with Gasteiger partial charge in [0.25, 0.3) is 0 Å². The summed E-state index contributed by atoms with van der Waals surface area (Å²) in [5, 5.41) is 0. The maximum Gasteiger partial charge on any atom is 0.314 e. The Morgan fingerprint density at radius 1 is 0.763 bits per heavy atom. The molecule has 5 heteroatoms. The number of benzene rings is 1. The third-order valence-electron chi connectivity index (χ3n) is 8.61. The molecule has 1 aromatic carbocycles. The van der Waals surface area contributed by atoms with Crippen molar-refractivity contribution in [2.75, 3.05) is 6.61 Å². The lowest BCUT2D eigenvalue weighted by Crippen LogP contribution is -2.25. The van der Waals surface area contributed by atoms with Gasteiger partial charge in [0.15, 0.2) is 11.6 Å². The number of esters is 1. The first kappa shape index (κ1) is 28.6. The monoisotopic (exact) mass is 520 g/mol. The van der Waals surface area contributed by atoms with Gasteiger partial charge in [0.05, 0.1) is 24.9 Å². The highest BCUT2D eigenvalue weighted by molar-refractivity contribution is 5.75. The van der Waals surface area contributed by atoms with Crippen molar-refractivity contribution in [1.82, 2.24) is 9.97 Å². The average molecular weight is 521 g/mol. The van der Waals surface area contributed by atoms with E-state index in [4.69, 9.17) is 9.47 Å². The van der Waals surface area contributed by atoms with Crippen molar-refractivity contribution >= 4 is 5.97 Å². The summed E-state index contributed by atoms with van der Waals surface area (Å²) in [6, 6.07) is 7.50. The summed E-state index contributed by atoms with van der Waals surface area (Å²) in [6.07, 6.45) is 25.1. The van der Waals surface area contributed by atoms with Gasteiger partial charge in [-0.3, -0.25) is 4.79 Å². The number of hydrogen-bond donors (Lipinski definition) is 0. The SMILES string of the molecule is CCCCCCC1CCC(C(=O)Oc2ccc(-c3ncc(OCCCCCC4CCCC4)cn3)cc2)CC1. The standard InChI is InChI=1S/C33H48N2O3/c1-2-3-4-6-12-27-15-17-29(18-16-27)33(36)38-30-21-19-28(20-22-30)32-34-24-31(25-35-32)37-23-10-5-7-11-26-13-8-9-14-26/h19-22,24-27,29H,2-18,23H2,1H3. The Morgan fingerprint density at radius 2 is 1.39 bits per heavy atom. The van der Waals surface area contributed by atoms with Gasteiger partial charge in [0, 0.05) is 5.56 Å². The highest BCUT2D eigenvalue weighted by Gasteiger charge is 2.27. The number of unbranched alkanes of at least 4 members (excludes halogenated alkanes) is 5. The van der Waals surface area contributed by atoms with Gasteiger partial charge in [-0.1, -0.05) is 84.0 Å². The van der Waals surface area contributed by atoms with Crippen molar-refractivity contribution in [2.45, 2.75) is 116 Å². The molecule has 2 aliphatic carbocycles. The van der Waals surface area contributed by atoms with Gasteiger partial charge in [0.1, 0.15) is 5.75 Å². The second-order valence-electron chi connectivity index (χ2n) is 11.6. The van der Waals surface area contributed by atoms with E-state index < -0.39 is 0 Å². The molecule has 1 heterocycles. The lowest BCUT2D eigenvalue weighted by atomic mass is 9.80. The van der Waals surface area contributed by atoms with Gasteiger partial charge < -0.3 is 9.47 Å². The molecule has 1 aromatic heterocycles. The van der Waals surface area contributed by atoms with Gasteiger partial charge in [-0.2, -0.15) is 0 Å². The molecular formula is C33H48N2O3. The second-order valence-corrected chi connectivity index (χ2v) is 11.6. The third-order valence-corrected chi connectivity index (χ3v) is 8.61. The van der Waals surface area contributed by atoms with Crippen LogP contribution in [0.3, 0.4) is 0 Å². The maximum absolute atomic E-state index is 12.7. The first-order chi connectivity index (χ1) is 18.7. The minimum atomic E-state index is -0.0847. The molecule has 0 unspecified atom stereocenters. The summed E-state index contributed by atoms with van der Waals surface area (Å²) in [5.41, 5.74) is 0.895. The van der Waals surface area contributed by atoms with Crippen LogP contribution in [0, 0.1) is 17.8 Å². The van der Waals surface area contributed by atoms with Gasteiger partial charge in [0.2, 0.25) is 0 Å². The molecule has 0 N–H and O–H groups in total. The van der Waals surface area contributed by atoms with Crippen LogP contribution in [0.5, 0.6) is 11.5 Å². The second kappa shape index (κ2) is 15.9. The molecule has 0 saturated heterocycles. The van der Waals surface area contributed by atoms with Crippen molar-refractivity contribution in [3.63, 3.8) is 0 Å². The predicted octanol–water partition coefficient (Wildman–Crippen LogP) is 8.96. The summed E-state index contributed by atoms with van der Waals surface area (Å²) in [6.45, 7) is 2.97. The average Bonchev–Trinajstić information content (AvgIpc) is 3.48. The molecule has 0 aliphatic heterocycles. The number of nitrogens with zero attached hydrogens (tertiary/aromatic N) is 2. The number of carbonyl (C=O) groups is 1. The molecule has 0 bridgehead atoms. The molecule has 0 atom stereocenters. The molecule has 2 fully saturated rings. The normalized spacial score (nSPS) is 19.9. The molecule has 2 saturated carbocycles. The van der Waals surface area contributed by atoms with Crippen LogP contribution in [0.4, 0.5) is 0 Å². The van der Waals surface area contributed by atoms with E-state index in [1.807, 2.05) is 24.3 Å². The largest absolute Gasteiger partial charge is 0.490 e. The molecule has 0 radical (unpaired) electrons. The van der Waals surface area contributed by atoms with Crippen molar-refractivity contribution in [2.24, 2.45) is 17.8 Å². The Hall–Kier alpha value is -2.43. The number of rotatable bonds is 15. The molecule has 0 spiro atoms. The van der Waals surface area contributed by atoms with Crippen molar-refractivity contribution in [3.05, 3.63) is 36.7 Å². The fourth-order valence-electron chi connectivity index (χ4n) is 6.16. The molecule has 2 aromatic rings. The summed E-state index contributed by atoms with van der Waals surface area (Å²) >= 11 is 0. The number of hydrogen-bond acceptors (Lipinski definition) is 5. The van der Waals surface area contributed by atoms with Crippen LogP contribution in [0.15, 0.2) is 36.7 Å². The first-order valence-corrected chi connectivity index (χ1v) is 15.5. The minimum absolute atomic E-state index is 0.0322. The van der Waals surface area contributed by atoms with E-state index >= 15 is 0 Å². The zero-order valence-corrected chi connectivity index (χ0v) is 23.5. The lowest BCUT2D eigenvalue weighted by Gasteiger charge is -2.27. The Morgan fingerprint density at radius 3 is 2.05 bits per heavy atom. The minimum Gasteiger partial charge on any atom is -0.490 e. The van der Waals surface area contributed by atoms with Crippen LogP contribution in [0.2, 0.25) is 0 Å². The van der Waals surface area contributed by atoms with E-state index in [9.17, 15) is 4.79 Å². The van der Waals surface area contributed by atoms with E-state index in [1.165, 1.54) is 77.0 Å². The molecule has 2 aliphatic rings. The Kier molecular flexibility index (Phi) is 11.9. The molecule has 0 amide bonds.